The fraction of sp³-hybridized carbons (Fsp3) is 0.188. The van der Waals surface area contributed by atoms with E-state index < -0.39 is 0 Å². The minimum absolute atomic E-state index is 0.390. The van der Waals surface area contributed by atoms with Gasteiger partial charge in [0.1, 0.15) is 0 Å². The van der Waals surface area contributed by atoms with Gasteiger partial charge < -0.3 is 0 Å². The smallest absolute Gasteiger partial charge is 0.252 e. The van der Waals surface area contributed by atoms with Gasteiger partial charge in [-0.1, -0.05) is 37.3 Å². The average Bonchev–Trinajstić information content (AvgIpc) is 2.40. The lowest BCUT2D eigenvalue weighted by atomic mass is 10.0. The second-order valence-corrected chi connectivity index (χ2v) is 5.87. The molecule has 2 aromatic rings. The van der Waals surface area contributed by atoms with Crippen LogP contribution < -0.4 is 0 Å². The van der Waals surface area contributed by atoms with Crippen molar-refractivity contribution in [3.05, 3.63) is 65.2 Å². The molecule has 3 heteroatoms. The predicted molar refractivity (Wildman–Crippen MR) is 82.3 cm³/mol. The lowest BCUT2D eigenvalue weighted by molar-refractivity contribution is 0.108. The predicted octanol–water partition coefficient (Wildman–Crippen LogP) is 4.77. The third kappa shape index (κ3) is 3.85. The minimum Gasteiger partial charge on any atom is -0.276 e. The highest BCUT2D eigenvalue weighted by atomic mass is 35.5. The summed E-state index contributed by atoms with van der Waals surface area (Å²) in [6, 6.07) is 16.0. The van der Waals surface area contributed by atoms with Gasteiger partial charge in [0.05, 0.1) is 0 Å². The molecule has 19 heavy (non-hydrogen) atoms. The lowest BCUT2D eigenvalue weighted by Gasteiger charge is -2.09. The molecule has 0 saturated carbocycles. The van der Waals surface area contributed by atoms with Gasteiger partial charge in [0.15, 0.2) is 0 Å². The number of halogens is 1. The van der Waals surface area contributed by atoms with Gasteiger partial charge in [0.2, 0.25) is 0 Å². The molecule has 0 spiro atoms. The zero-order chi connectivity index (χ0) is 13.7. The normalized spacial score (nSPS) is 10.4. The Balaban J connectivity index is 2.35. The summed E-state index contributed by atoms with van der Waals surface area (Å²) in [7, 11) is 0. The number of hydrogen-bond acceptors (Lipinski definition) is 2. The van der Waals surface area contributed by atoms with Gasteiger partial charge in [-0.15, -0.1) is 11.8 Å². The Morgan fingerprint density at radius 3 is 2.53 bits per heavy atom. The summed E-state index contributed by atoms with van der Waals surface area (Å²) in [5.74, 6) is 1.01. The maximum Gasteiger partial charge on any atom is 0.252 e. The lowest BCUT2D eigenvalue weighted by Crippen LogP contribution is -1.99. The van der Waals surface area contributed by atoms with Crippen LogP contribution >= 0.6 is 23.4 Å². The van der Waals surface area contributed by atoms with Gasteiger partial charge in [0, 0.05) is 10.5 Å². The van der Waals surface area contributed by atoms with E-state index in [1.54, 1.807) is 11.8 Å². The fourth-order valence-electron chi connectivity index (χ4n) is 1.98. The van der Waals surface area contributed by atoms with Gasteiger partial charge >= 0.3 is 0 Å². The van der Waals surface area contributed by atoms with Crippen molar-refractivity contribution < 1.29 is 4.79 Å². The van der Waals surface area contributed by atoms with Gasteiger partial charge in [0.25, 0.3) is 5.24 Å². The molecule has 2 aromatic carbocycles. The highest BCUT2D eigenvalue weighted by Crippen LogP contribution is 2.24. The Morgan fingerprint density at radius 2 is 1.89 bits per heavy atom. The van der Waals surface area contributed by atoms with Crippen molar-refractivity contribution in [1.82, 2.24) is 0 Å². The first-order valence-corrected chi connectivity index (χ1v) is 7.56. The molecule has 0 saturated heterocycles. The first kappa shape index (κ1) is 14.2. The maximum atomic E-state index is 11.5. The largest absolute Gasteiger partial charge is 0.276 e. The fourth-order valence-corrected chi connectivity index (χ4v) is 2.89. The van der Waals surface area contributed by atoms with Gasteiger partial charge in [-0.25, -0.2) is 0 Å². The Kier molecular flexibility index (Phi) is 5.06. The molecule has 0 atom stereocenters. The molecule has 0 aromatic heterocycles. The van der Waals surface area contributed by atoms with Crippen molar-refractivity contribution in [1.29, 1.82) is 0 Å². The number of rotatable bonds is 5. The quantitative estimate of drug-likeness (QED) is 0.583. The van der Waals surface area contributed by atoms with Crippen LogP contribution in [0.2, 0.25) is 0 Å². The van der Waals surface area contributed by atoms with Crippen LogP contribution in [0, 0.1) is 0 Å². The number of hydrogen-bond donors (Lipinski definition) is 0. The number of thioether (sulfide) groups is 1. The Labute approximate surface area is 123 Å². The Hall–Kier alpha value is -1.25. The number of carbonyl (C=O) groups is 1. The van der Waals surface area contributed by atoms with E-state index in [-0.39, 0.29) is 5.24 Å². The standard InChI is InChI=1S/C16H15ClOS/c1-2-19-14-8-9-15(16(17)18)13(11-14)10-12-6-4-3-5-7-12/h3-9,11H,2,10H2,1H3. The molecule has 1 nitrogen and oxygen atoms in total. The Morgan fingerprint density at radius 1 is 1.16 bits per heavy atom. The molecule has 0 unspecified atom stereocenters. The monoisotopic (exact) mass is 290 g/mol. The summed E-state index contributed by atoms with van der Waals surface area (Å²) in [5, 5.41) is -0.390. The molecule has 0 amide bonds. The molecule has 2 rings (SSSR count). The van der Waals surface area contributed by atoms with E-state index in [1.807, 2.05) is 30.3 Å². The zero-order valence-electron chi connectivity index (χ0n) is 10.7. The third-order valence-electron chi connectivity index (χ3n) is 2.84. The van der Waals surface area contributed by atoms with Crippen molar-refractivity contribution in [2.75, 3.05) is 5.75 Å². The topological polar surface area (TPSA) is 17.1 Å². The first-order chi connectivity index (χ1) is 9.20. The molecule has 0 aliphatic rings. The summed E-state index contributed by atoms with van der Waals surface area (Å²) < 4.78 is 0. The van der Waals surface area contributed by atoms with Crippen molar-refractivity contribution >= 4 is 28.6 Å². The second kappa shape index (κ2) is 6.78. The number of benzene rings is 2. The molecule has 0 radical (unpaired) electrons. The van der Waals surface area contributed by atoms with Crippen LogP contribution in [0.5, 0.6) is 0 Å². The van der Waals surface area contributed by atoms with Crippen LogP contribution in [0.1, 0.15) is 28.4 Å². The maximum absolute atomic E-state index is 11.5. The van der Waals surface area contributed by atoms with E-state index in [2.05, 4.69) is 25.1 Å². The molecule has 0 aliphatic heterocycles. The second-order valence-electron chi connectivity index (χ2n) is 4.19. The summed E-state index contributed by atoms with van der Waals surface area (Å²) in [4.78, 5) is 12.7. The van der Waals surface area contributed by atoms with Crippen molar-refractivity contribution in [3.8, 4) is 0 Å². The van der Waals surface area contributed by atoms with E-state index in [4.69, 9.17) is 11.6 Å². The van der Waals surface area contributed by atoms with E-state index >= 15 is 0 Å². The van der Waals surface area contributed by atoms with E-state index in [0.717, 1.165) is 17.7 Å². The first-order valence-electron chi connectivity index (χ1n) is 6.20. The SMILES string of the molecule is CCSc1ccc(C(=O)Cl)c(Cc2ccccc2)c1. The van der Waals surface area contributed by atoms with Crippen molar-refractivity contribution in [3.63, 3.8) is 0 Å². The van der Waals surface area contributed by atoms with Crippen LogP contribution in [-0.4, -0.2) is 11.0 Å². The van der Waals surface area contributed by atoms with Crippen molar-refractivity contribution in [2.45, 2.75) is 18.2 Å². The molecule has 98 valence electrons. The highest BCUT2D eigenvalue weighted by molar-refractivity contribution is 7.99. The molecule has 0 bridgehead atoms. The van der Waals surface area contributed by atoms with E-state index in [9.17, 15) is 4.79 Å². The molecular weight excluding hydrogens is 276 g/mol. The van der Waals surface area contributed by atoms with Crippen LogP contribution in [0.25, 0.3) is 0 Å². The van der Waals surface area contributed by atoms with Crippen molar-refractivity contribution in [2.24, 2.45) is 0 Å². The summed E-state index contributed by atoms with van der Waals surface area (Å²) in [5.41, 5.74) is 2.77. The zero-order valence-corrected chi connectivity index (χ0v) is 12.3. The van der Waals surface area contributed by atoms with Gasteiger partial charge in [-0.3, -0.25) is 4.79 Å². The van der Waals surface area contributed by atoms with Crippen LogP contribution in [0.4, 0.5) is 0 Å². The van der Waals surface area contributed by atoms with Gasteiger partial charge in [-0.2, -0.15) is 0 Å². The van der Waals surface area contributed by atoms with Crippen LogP contribution in [-0.2, 0) is 6.42 Å². The number of carbonyl (C=O) groups excluding carboxylic acids is 1. The minimum atomic E-state index is -0.390. The average molecular weight is 291 g/mol. The molecule has 0 N–H and O–H groups in total. The van der Waals surface area contributed by atoms with Crippen LogP contribution in [0.15, 0.2) is 53.4 Å². The molecule has 0 fully saturated rings. The van der Waals surface area contributed by atoms with Crippen LogP contribution in [0.3, 0.4) is 0 Å². The summed E-state index contributed by atoms with van der Waals surface area (Å²) >= 11 is 7.42. The highest BCUT2D eigenvalue weighted by Gasteiger charge is 2.10. The molecular formula is C16H15ClOS. The Bertz CT molecular complexity index is 566. The van der Waals surface area contributed by atoms with Gasteiger partial charge in [-0.05, 0) is 53.1 Å². The third-order valence-corrected chi connectivity index (χ3v) is 3.92. The summed E-state index contributed by atoms with van der Waals surface area (Å²) in [6.45, 7) is 2.11. The summed E-state index contributed by atoms with van der Waals surface area (Å²) in [6.07, 6.45) is 0.729. The van der Waals surface area contributed by atoms with E-state index in [0.29, 0.717) is 5.56 Å². The molecule has 0 heterocycles. The van der Waals surface area contributed by atoms with E-state index in [1.165, 1.54) is 10.5 Å². The molecule has 0 aliphatic carbocycles.